The van der Waals surface area contributed by atoms with E-state index in [1.54, 1.807) is 11.3 Å². The molecule has 19 heavy (non-hydrogen) atoms. The summed E-state index contributed by atoms with van der Waals surface area (Å²) in [6, 6.07) is 12.6. The third-order valence-corrected chi connectivity index (χ3v) is 4.03. The Bertz CT molecular complexity index is 656. The van der Waals surface area contributed by atoms with Crippen LogP contribution in [0.5, 0.6) is 0 Å². The number of nitrogens with zero attached hydrogens (tertiary/aromatic N) is 1. The molecule has 0 radical (unpaired) electrons. The summed E-state index contributed by atoms with van der Waals surface area (Å²) < 4.78 is 0. The number of hydrogen-bond donors (Lipinski definition) is 1. The number of pyridine rings is 1. The minimum absolute atomic E-state index is 0.153. The standard InChI is InChI=1S/C16H16N2S/c17-14(9-12-6-8-19-11-12)10-13-5-7-18-16-4-2-1-3-15(13)16/h1-8,11,14H,9-10,17H2. The summed E-state index contributed by atoms with van der Waals surface area (Å²) in [6.07, 6.45) is 3.69. The molecule has 2 nitrogen and oxygen atoms in total. The van der Waals surface area contributed by atoms with E-state index in [9.17, 15) is 0 Å². The molecule has 0 aliphatic heterocycles. The molecule has 1 atom stereocenters. The molecular weight excluding hydrogens is 252 g/mol. The van der Waals surface area contributed by atoms with E-state index in [0.717, 1.165) is 18.4 Å². The largest absolute Gasteiger partial charge is 0.327 e. The van der Waals surface area contributed by atoms with Crippen molar-refractivity contribution in [2.45, 2.75) is 18.9 Å². The molecule has 0 bridgehead atoms. The molecular formula is C16H16N2S. The van der Waals surface area contributed by atoms with Crippen LogP contribution < -0.4 is 5.73 Å². The van der Waals surface area contributed by atoms with Crippen molar-refractivity contribution in [2.75, 3.05) is 0 Å². The monoisotopic (exact) mass is 268 g/mol. The number of fused-ring (bicyclic) bond motifs is 1. The fourth-order valence-corrected chi connectivity index (χ4v) is 3.08. The highest BCUT2D eigenvalue weighted by atomic mass is 32.1. The van der Waals surface area contributed by atoms with Gasteiger partial charge in [-0.25, -0.2) is 0 Å². The van der Waals surface area contributed by atoms with Gasteiger partial charge in [-0.3, -0.25) is 4.98 Å². The van der Waals surface area contributed by atoms with Crippen molar-refractivity contribution >= 4 is 22.2 Å². The van der Waals surface area contributed by atoms with Crippen LogP contribution in [0.3, 0.4) is 0 Å². The summed E-state index contributed by atoms with van der Waals surface area (Å²) in [7, 11) is 0. The van der Waals surface area contributed by atoms with Crippen LogP contribution in [0.2, 0.25) is 0 Å². The molecule has 1 aromatic carbocycles. The first-order valence-corrected chi connectivity index (χ1v) is 7.36. The third-order valence-electron chi connectivity index (χ3n) is 3.30. The van der Waals surface area contributed by atoms with Gasteiger partial charge in [0.25, 0.3) is 0 Å². The lowest BCUT2D eigenvalue weighted by molar-refractivity contribution is 0.668. The highest BCUT2D eigenvalue weighted by Crippen LogP contribution is 2.18. The van der Waals surface area contributed by atoms with Gasteiger partial charge in [-0.1, -0.05) is 18.2 Å². The smallest absolute Gasteiger partial charge is 0.0704 e. The molecule has 3 rings (SSSR count). The number of aromatic nitrogens is 1. The maximum Gasteiger partial charge on any atom is 0.0704 e. The van der Waals surface area contributed by atoms with Crippen molar-refractivity contribution in [3.8, 4) is 0 Å². The maximum atomic E-state index is 6.27. The molecule has 1 unspecified atom stereocenters. The molecule has 0 saturated carbocycles. The zero-order valence-electron chi connectivity index (χ0n) is 10.6. The van der Waals surface area contributed by atoms with Crippen LogP contribution in [0.1, 0.15) is 11.1 Å². The second-order valence-electron chi connectivity index (χ2n) is 4.79. The van der Waals surface area contributed by atoms with Crippen LogP contribution in [0.25, 0.3) is 10.9 Å². The molecule has 0 aliphatic carbocycles. The van der Waals surface area contributed by atoms with E-state index in [1.165, 1.54) is 16.5 Å². The zero-order valence-corrected chi connectivity index (χ0v) is 11.4. The fourth-order valence-electron chi connectivity index (χ4n) is 2.40. The first kappa shape index (κ1) is 12.3. The van der Waals surface area contributed by atoms with Gasteiger partial charge < -0.3 is 5.73 Å². The lowest BCUT2D eigenvalue weighted by Gasteiger charge is -2.12. The second-order valence-corrected chi connectivity index (χ2v) is 5.57. The highest BCUT2D eigenvalue weighted by molar-refractivity contribution is 7.07. The van der Waals surface area contributed by atoms with Gasteiger partial charge in [-0.05, 0) is 52.9 Å². The van der Waals surface area contributed by atoms with Crippen LogP contribution in [-0.2, 0) is 12.8 Å². The molecule has 0 spiro atoms. The molecule has 2 aromatic heterocycles. The van der Waals surface area contributed by atoms with Gasteiger partial charge in [0.05, 0.1) is 5.52 Å². The molecule has 96 valence electrons. The Morgan fingerprint density at radius 3 is 2.84 bits per heavy atom. The molecule has 3 aromatic rings. The van der Waals surface area contributed by atoms with Gasteiger partial charge in [0.2, 0.25) is 0 Å². The van der Waals surface area contributed by atoms with Crippen LogP contribution >= 0.6 is 11.3 Å². The topological polar surface area (TPSA) is 38.9 Å². The van der Waals surface area contributed by atoms with Crippen molar-refractivity contribution in [3.05, 3.63) is 64.5 Å². The van der Waals surface area contributed by atoms with Crippen molar-refractivity contribution in [2.24, 2.45) is 5.73 Å². The van der Waals surface area contributed by atoms with Crippen molar-refractivity contribution in [3.63, 3.8) is 0 Å². The van der Waals surface area contributed by atoms with E-state index >= 15 is 0 Å². The molecule has 0 amide bonds. The van der Waals surface area contributed by atoms with Crippen LogP contribution in [-0.4, -0.2) is 11.0 Å². The average molecular weight is 268 g/mol. The van der Waals surface area contributed by atoms with Gasteiger partial charge in [0, 0.05) is 17.6 Å². The predicted octanol–water partition coefficient (Wildman–Crippen LogP) is 3.41. The average Bonchev–Trinajstić information content (AvgIpc) is 2.92. The maximum absolute atomic E-state index is 6.27. The predicted molar refractivity (Wildman–Crippen MR) is 81.4 cm³/mol. The van der Waals surface area contributed by atoms with Crippen LogP contribution in [0.15, 0.2) is 53.4 Å². The second kappa shape index (κ2) is 5.51. The Morgan fingerprint density at radius 2 is 2.00 bits per heavy atom. The Labute approximate surface area is 116 Å². The first-order valence-electron chi connectivity index (χ1n) is 6.42. The summed E-state index contributed by atoms with van der Waals surface area (Å²) in [5.41, 5.74) is 9.93. The Balaban J connectivity index is 1.81. The molecule has 2 heterocycles. The van der Waals surface area contributed by atoms with Gasteiger partial charge >= 0.3 is 0 Å². The van der Waals surface area contributed by atoms with Crippen molar-refractivity contribution in [1.29, 1.82) is 0 Å². The normalized spacial score (nSPS) is 12.7. The highest BCUT2D eigenvalue weighted by Gasteiger charge is 2.08. The van der Waals surface area contributed by atoms with Gasteiger partial charge in [0.1, 0.15) is 0 Å². The quantitative estimate of drug-likeness (QED) is 0.787. The molecule has 0 saturated heterocycles. The van der Waals surface area contributed by atoms with E-state index in [1.807, 2.05) is 18.3 Å². The Hall–Kier alpha value is -1.71. The number of thiophene rings is 1. The van der Waals surface area contributed by atoms with E-state index in [4.69, 9.17) is 5.73 Å². The lowest BCUT2D eigenvalue weighted by Crippen LogP contribution is -2.25. The molecule has 0 aliphatic rings. The van der Waals surface area contributed by atoms with Gasteiger partial charge in [-0.2, -0.15) is 11.3 Å². The number of nitrogens with two attached hydrogens (primary N) is 1. The molecule has 2 N–H and O–H groups in total. The number of rotatable bonds is 4. The third kappa shape index (κ3) is 2.83. The van der Waals surface area contributed by atoms with E-state index in [2.05, 4.69) is 40.0 Å². The Morgan fingerprint density at radius 1 is 1.11 bits per heavy atom. The van der Waals surface area contributed by atoms with E-state index < -0.39 is 0 Å². The minimum Gasteiger partial charge on any atom is -0.327 e. The van der Waals surface area contributed by atoms with Crippen LogP contribution in [0, 0.1) is 0 Å². The Kier molecular flexibility index (Phi) is 3.58. The zero-order chi connectivity index (χ0) is 13.1. The minimum atomic E-state index is 0.153. The SMILES string of the molecule is NC(Cc1ccsc1)Cc1ccnc2ccccc12. The summed E-state index contributed by atoms with van der Waals surface area (Å²) in [4.78, 5) is 4.39. The van der Waals surface area contributed by atoms with Gasteiger partial charge in [0.15, 0.2) is 0 Å². The van der Waals surface area contributed by atoms with E-state index in [0.29, 0.717) is 0 Å². The summed E-state index contributed by atoms with van der Waals surface area (Å²) in [5, 5.41) is 5.49. The summed E-state index contributed by atoms with van der Waals surface area (Å²) in [5.74, 6) is 0. The van der Waals surface area contributed by atoms with Crippen LogP contribution in [0.4, 0.5) is 0 Å². The number of benzene rings is 1. The fraction of sp³-hybridized carbons (Fsp3) is 0.188. The number of hydrogen-bond acceptors (Lipinski definition) is 3. The van der Waals surface area contributed by atoms with E-state index in [-0.39, 0.29) is 6.04 Å². The lowest BCUT2D eigenvalue weighted by atomic mass is 9.99. The van der Waals surface area contributed by atoms with Crippen molar-refractivity contribution in [1.82, 2.24) is 4.98 Å². The summed E-state index contributed by atoms with van der Waals surface area (Å²) in [6.45, 7) is 0. The first-order chi connectivity index (χ1) is 9.33. The summed E-state index contributed by atoms with van der Waals surface area (Å²) >= 11 is 1.72. The number of para-hydroxylation sites is 1. The van der Waals surface area contributed by atoms with Gasteiger partial charge in [-0.15, -0.1) is 0 Å². The molecule has 0 fully saturated rings. The van der Waals surface area contributed by atoms with Crippen molar-refractivity contribution < 1.29 is 0 Å². The molecule has 3 heteroatoms.